The van der Waals surface area contributed by atoms with Gasteiger partial charge >= 0.3 is 5.97 Å². The number of aromatic hydroxyl groups is 2. The molecule has 0 saturated carbocycles. The van der Waals surface area contributed by atoms with Crippen LogP contribution in [0.2, 0.25) is 0 Å². The van der Waals surface area contributed by atoms with Crippen molar-refractivity contribution in [3.63, 3.8) is 0 Å². The molecule has 2 amide bonds. The van der Waals surface area contributed by atoms with Crippen molar-refractivity contribution in [2.75, 3.05) is 0 Å². The van der Waals surface area contributed by atoms with Gasteiger partial charge in [-0.2, -0.15) is 0 Å². The van der Waals surface area contributed by atoms with Gasteiger partial charge in [-0.25, -0.2) is 4.79 Å². The minimum Gasteiger partial charge on any atom is -0.492 e. The molecule has 1 unspecified atom stereocenters. The number of imide groups is 1. The molecule has 1 atom stereocenters. The zero-order valence-electron chi connectivity index (χ0n) is 13.6. The van der Waals surface area contributed by atoms with E-state index in [2.05, 4.69) is 0 Å². The molecular formula is C18H16N2O6. The van der Waals surface area contributed by atoms with Gasteiger partial charge in [0.15, 0.2) is 0 Å². The molecule has 2 heterocycles. The number of benzene rings is 1. The van der Waals surface area contributed by atoms with E-state index in [0.717, 1.165) is 34.7 Å². The predicted molar refractivity (Wildman–Crippen MR) is 88.9 cm³/mol. The Morgan fingerprint density at radius 2 is 1.54 bits per heavy atom. The van der Waals surface area contributed by atoms with Crippen molar-refractivity contribution in [1.82, 2.24) is 9.63 Å². The van der Waals surface area contributed by atoms with Crippen LogP contribution in [0.15, 0.2) is 54.6 Å². The number of aromatic nitrogens is 1. The van der Waals surface area contributed by atoms with E-state index in [1.165, 1.54) is 0 Å². The quantitative estimate of drug-likeness (QED) is 0.741. The zero-order valence-corrected chi connectivity index (χ0v) is 13.6. The van der Waals surface area contributed by atoms with Gasteiger partial charge in [0.25, 0.3) is 11.8 Å². The summed E-state index contributed by atoms with van der Waals surface area (Å²) < 4.78 is 0.524. The van der Waals surface area contributed by atoms with Crippen molar-refractivity contribution >= 4 is 17.8 Å². The second-order valence-corrected chi connectivity index (χ2v) is 5.67. The number of carbonyl (C=O) groups excluding carboxylic acids is 3. The highest BCUT2D eigenvalue weighted by Gasteiger charge is 2.37. The van der Waals surface area contributed by atoms with Crippen molar-refractivity contribution in [2.24, 2.45) is 0 Å². The number of carbonyl (C=O) groups is 3. The van der Waals surface area contributed by atoms with Gasteiger partial charge in [-0.05, 0) is 18.4 Å². The van der Waals surface area contributed by atoms with Gasteiger partial charge in [0.2, 0.25) is 11.8 Å². The Balaban J connectivity index is 1.81. The number of hydrogen-bond acceptors (Lipinski definition) is 6. The monoisotopic (exact) mass is 356 g/mol. The average molecular weight is 356 g/mol. The summed E-state index contributed by atoms with van der Waals surface area (Å²) in [5, 5.41) is 19.2. The molecule has 2 N–H and O–H groups in total. The summed E-state index contributed by atoms with van der Waals surface area (Å²) in [6.45, 7) is 0. The Morgan fingerprint density at radius 3 is 2.12 bits per heavy atom. The Bertz CT molecular complexity index is 834. The Hall–Kier alpha value is -3.55. The summed E-state index contributed by atoms with van der Waals surface area (Å²) in [6.07, 6.45) is 2.71. The smallest absolute Gasteiger partial charge is 0.356 e. The van der Waals surface area contributed by atoms with Crippen molar-refractivity contribution < 1.29 is 29.4 Å². The first-order chi connectivity index (χ1) is 12.5. The summed E-state index contributed by atoms with van der Waals surface area (Å²) in [6, 6.07) is 10.3. The summed E-state index contributed by atoms with van der Waals surface area (Å²) in [4.78, 5) is 42.3. The van der Waals surface area contributed by atoms with Crippen LogP contribution in [0.3, 0.4) is 0 Å². The molecule has 3 rings (SSSR count). The van der Waals surface area contributed by atoms with Gasteiger partial charge in [-0.15, -0.1) is 4.73 Å². The van der Waals surface area contributed by atoms with Gasteiger partial charge in [-0.1, -0.05) is 30.3 Å². The zero-order chi connectivity index (χ0) is 18.7. The fourth-order valence-corrected chi connectivity index (χ4v) is 2.67. The first-order valence-corrected chi connectivity index (χ1v) is 7.88. The van der Waals surface area contributed by atoms with Gasteiger partial charge in [0.1, 0.15) is 6.04 Å². The van der Waals surface area contributed by atoms with Gasteiger partial charge < -0.3 is 15.1 Å². The van der Waals surface area contributed by atoms with Crippen molar-refractivity contribution in [3.05, 3.63) is 60.2 Å². The third-order valence-electron chi connectivity index (χ3n) is 3.96. The molecule has 1 aliphatic heterocycles. The lowest BCUT2D eigenvalue weighted by Gasteiger charge is -2.24. The van der Waals surface area contributed by atoms with E-state index in [9.17, 15) is 24.6 Å². The molecule has 0 bridgehead atoms. The van der Waals surface area contributed by atoms with E-state index >= 15 is 0 Å². The van der Waals surface area contributed by atoms with Crippen LogP contribution in [0.25, 0.3) is 0 Å². The van der Waals surface area contributed by atoms with Crippen LogP contribution in [-0.4, -0.2) is 43.7 Å². The number of aryl methyl sites for hydroxylation is 1. The first kappa shape index (κ1) is 17.3. The van der Waals surface area contributed by atoms with E-state index in [1.807, 2.05) is 30.3 Å². The van der Waals surface area contributed by atoms with Gasteiger partial charge in [-0.3, -0.25) is 14.5 Å². The number of hydrogen-bond donors (Lipinski definition) is 2. The maximum atomic E-state index is 12.6. The summed E-state index contributed by atoms with van der Waals surface area (Å²) in [5.41, 5.74) is 0.920. The molecule has 0 radical (unpaired) electrons. The van der Waals surface area contributed by atoms with E-state index < -0.39 is 35.6 Å². The van der Waals surface area contributed by atoms with Crippen LogP contribution in [0.4, 0.5) is 0 Å². The third-order valence-corrected chi connectivity index (χ3v) is 3.96. The number of amides is 2. The topological polar surface area (TPSA) is 109 Å². The van der Waals surface area contributed by atoms with E-state index in [0.29, 0.717) is 11.2 Å². The lowest BCUT2D eigenvalue weighted by Crippen LogP contribution is -2.48. The molecule has 0 spiro atoms. The molecule has 8 heteroatoms. The minimum atomic E-state index is -1.20. The molecule has 0 aliphatic carbocycles. The van der Waals surface area contributed by atoms with Crippen molar-refractivity contribution in [2.45, 2.75) is 18.9 Å². The van der Waals surface area contributed by atoms with Crippen LogP contribution < -0.4 is 4.84 Å². The van der Waals surface area contributed by atoms with Gasteiger partial charge in [0, 0.05) is 24.3 Å². The fourth-order valence-electron chi connectivity index (χ4n) is 2.67. The molecular weight excluding hydrogens is 340 g/mol. The SMILES string of the molecule is O=C(On1c(O)ccc1O)C(CCc1ccccc1)N1C(=O)C=CC1=O. The normalized spacial score (nSPS) is 14.7. The van der Waals surface area contributed by atoms with Crippen LogP contribution in [0, 0.1) is 0 Å². The third kappa shape index (κ3) is 3.44. The molecule has 1 aliphatic rings. The Morgan fingerprint density at radius 1 is 0.962 bits per heavy atom. The predicted octanol–water partition coefficient (Wildman–Crippen LogP) is 0.781. The average Bonchev–Trinajstić information content (AvgIpc) is 3.13. The lowest BCUT2D eigenvalue weighted by atomic mass is 10.0. The van der Waals surface area contributed by atoms with Crippen molar-refractivity contribution in [3.8, 4) is 11.8 Å². The molecule has 2 aromatic rings. The van der Waals surface area contributed by atoms with Crippen LogP contribution >= 0.6 is 0 Å². The summed E-state index contributed by atoms with van der Waals surface area (Å²) >= 11 is 0. The first-order valence-electron chi connectivity index (χ1n) is 7.88. The van der Waals surface area contributed by atoms with E-state index in [4.69, 9.17) is 4.84 Å². The summed E-state index contributed by atoms with van der Waals surface area (Å²) in [7, 11) is 0. The maximum absolute atomic E-state index is 12.6. The second kappa shape index (κ2) is 7.14. The highest BCUT2D eigenvalue weighted by molar-refractivity contribution is 6.14. The highest BCUT2D eigenvalue weighted by Crippen LogP contribution is 2.21. The fraction of sp³-hybridized carbons (Fsp3) is 0.167. The van der Waals surface area contributed by atoms with Crippen molar-refractivity contribution in [1.29, 1.82) is 0 Å². The molecule has 8 nitrogen and oxygen atoms in total. The Labute approximate surface area is 148 Å². The maximum Gasteiger partial charge on any atom is 0.356 e. The Kier molecular flexibility index (Phi) is 4.74. The van der Waals surface area contributed by atoms with Gasteiger partial charge in [0.05, 0.1) is 0 Å². The second-order valence-electron chi connectivity index (χ2n) is 5.67. The minimum absolute atomic E-state index is 0.130. The molecule has 134 valence electrons. The molecule has 1 aromatic carbocycles. The molecule has 26 heavy (non-hydrogen) atoms. The number of rotatable bonds is 6. The highest BCUT2D eigenvalue weighted by atomic mass is 16.7. The number of nitrogens with zero attached hydrogens (tertiary/aromatic N) is 2. The molecule has 0 saturated heterocycles. The van der Waals surface area contributed by atoms with E-state index in [-0.39, 0.29) is 6.42 Å². The standard InChI is InChI=1S/C18H16N2O6/c21-14-8-9-15(22)19(14)13(7-6-12-4-2-1-3-5-12)18(25)26-20-16(23)10-11-17(20)24/h1-5,8-11,13,23-24H,6-7H2. The van der Waals surface area contributed by atoms with Crippen LogP contribution in [0.5, 0.6) is 11.8 Å². The largest absolute Gasteiger partial charge is 0.492 e. The lowest BCUT2D eigenvalue weighted by molar-refractivity contribution is -0.159. The van der Waals surface area contributed by atoms with Crippen LogP contribution in [0.1, 0.15) is 12.0 Å². The van der Waals surface area contributed by atoms with E-state index in [1.54, 1.807) is 0 Å². The molecule has 0 fully saturated rings. The van der Waals surface area contributed by atoms with Crippen LogP contribution in [-0.2, 0) is 20.8 Å². The summed E-state index contributed by atoms with van der Waals surface area (Å²) in [5.74, 6) is -3.17. The molecule has 1 aromatic heterocycles.